The summed E-state index contributed by atoms with van der Waals surface area (Å²) < 4.78 is 2.61. The van der Waals surface area contributed by atoms with Crippen LogP contribution in [0.2, 0.25) is 0 Å². The monoisotopic (exact) mass is 199 g/mol. The molecule has 1 heterocycles. The molecule has 0 aliphatic carbocycles. The van der Waals surface area contributed by atoms with Gasteiger partial charge in [-0.25, -0.2) is 0 Å². The van der Waals surface area contributed by atoms with E-state index in [-0.39, 0.29) is 0 Å². The van der Waals surface area contributed by atoms with Gasteiger partial charge in [0.2, 0.25) is 0 Å². The second kappa shape index (κ2) is 4.57. The van der Waals surface area contributed by atoms with Crippen LogP contribution < -0.4 is 0 Å². The van der Waals surface area contributed by atoms with Crippen LogP contribution in [0.25, 0.3) is 0 Å². The van der Waals surface area contributed by atoms with E-state index in [2.05, 4.69) is 32.0 Å². The summed E-state index contributed by atoms with van der Waals surface area (Å²) in [6, 6.07) is 0. The van der Waals surface area contributed by atoms with Crippen LogP contribution in [0.3, 0.4) is 0 Å². The van der Waals surface area contributed by atoms with Crippen LogP contribution in [0.4, 0.5) is 0 Å². The zero-order valence-corrected chi connectivity index (χ0v) is 10.2. The van der Waals surface area contributed by atoms with E-state index in [4.69, 9.17) is 0 Å². The third kappa shape index (κ3) is 3.79. The highest BCUT2D eigenvalue weighted by atomic mass is 31.1. The Labute approximate surface area is 84.4 Å². The summed E-state index contributed by atoms with van der Waals surface area (Å²) in [6.45, 7) is 13.6. The SMILES string of the molecule is C=C1CCN(PCC)CC(C)(C)C1. The van der Waals surface area contributed by atoms with Gasteiger partial charge in [-0.3, -0.25) is 4.67 Å². The van der Waals surface area contributed by atoms with Crippen molar-refractivity contribution in [3.05, 3.63) is 12.2 Å². The van der Waals surface area contributed by atoms with Gasteiger partial charge in [0.25, 0.3) is 0 Å². The molecule has 2 heteroatoms. The van der Waals surface area contributed by atoms with E-state index in [1.54, 1.807) is 0 Å². The van der Waals surface area contributed by atoms with Crippen LogP contribution in [0.5, 0.6) is 0 Å². The summed E-state index contributed by atoms with van der Waals surface area (Å²) in [7, 11) is 1.01. The van der Waals surface area contributed by atoms with E-state index >= 15 is 0 Å². The fraction of sp³-hybridized carbons (Fsp3) is 0.818. The average Bonchev–Trinajstić information content (AvgIpc) is 2.09. The Morgan fingerprint density at radius 2 is 2.23 bits per heavy atom. The molecule has 13 heavy (non-hydrogen) atoms. The molecule has 0 amide bonds. The van der Waals surface area contributed by atoms with Crippen LogP contribution >= 0.6 is 8.73 Å². The molecule has 0 bridgehead atoms. The number of hydrogen-bond donors (Lipinski definition) is 0. The summed E-state index contributed by atoms with van der Waals surface area (Å²) in [5.74, 6) is 0. The maximum atomic E-state index is 4.14. The topological polar surface area (TPSA) is 3.24 Å². The van der Waals surface area contributed by atoms with E-state index in [1.165, 1.54) is 37.7 Å². The molecule has 1 aliphatic heterocycles. The molecule has 1 fully saturated rings. The molecule has 76 valence electrons. The molecule has 0 aromatic carbocycles. The van der Waals surface area contributed by atoms with Gasteiger partial charge >= 0.3 is 0 Å². The van der Waals surface area contributed by atoms with Crippen LogP contribution in [0.15, 0.2) is 12.2 Å². The van der Waals surface area contributed by atoms with Crippen LogP contribution in [0.1, 0.15) is 33.6 Å². The van der Waals surface area contributed by atoms with Gasteiger partial charge in [-0.1, -0.05) is 41.7 Å². The predicted molar refractivity (Wildman–Crippen MR) is 62.6 cm³/mol. The fourth-order valence-electron chi connectivity index (χ4n) is 2.07. The lowest BCUT2D eigenvalue weighted by atomic mass is 9.86. The first-order valence-corrected chi connectivity index (χ1v) is 6.34. The molecule has 0 aromatic heterocycles. The highest BCUT2D eigenvalue weighted by Gasteiger charge is 2.25. The molecular formula is C11H22NP. The Hall–Kier alpha value is 0.130. The molecule has 1 aliphatic rings. The van der Waals surface area contributed by atoms with E-state index < -0.39 is 0 Å². The van der Waals surface area contributed by atoms with Gasteiger partial charge in [0.15, 0.2) is 0 Å². The van der Waals surface area contributed by atoms with Crippen molar-refractivity contribution >= 4 is 8.73 Å². The third-order valence-electron chi connectivity index (χ3n) is 2.46. The standard InChI is InChI=1S/C11H22NP/c1-5-13-12-7-6-10(2)8-11(3,4)9-12/h13H,2,5-9H2,1,3-4H3. The minimum absolute atomic E-state index is 0.440. The molecule has 1 rings (SSSR count). The first-order valence-electron chi connectivity index (χ1n) is 5.18. The molecule has 0 saturated carbocycles. The molecule has 0 N–H and O–H groups in total. The maximum Gasteiger partial charge on any atom is 0.00732 e. The largest absolute Gasteiger partial charge is 0.284 e. The van der Waals surface area contributed by atoms with Crippen molar-refractivity contribution in [3.63, 3.8) is 0 Å². The van der Waals surface area contributed by atoms with Gasteiger partial charge < -0.3 is 0 Å². The van der Waals surface area contributed by atoms with Crippen molar-refractivity contribution in [3.8, 4) is 0 Å². The lowest BCUT2D eigenvalue weighted by Crippen LogP contribution is -2.26. The first kappa shape index (κ1) is 11.2. The Morgan fingerprint density at radius 1 is 1.54 bits per heavy atom. The van der Waals surface area contributed by atoms with Gasteiger partial charge in [0.1, 0.15) is 0 Å². The van der Waals surface area contributed by atoms with E-state index in [0.717, 1.165) is 8.73 Å². The van der Waals surface area contributed by atoms with Gasteiger partial charge in [-0.15, -0.1) is 0 Å². The van der Waals surface area contributed by atoms with Crippen molar-refractivity contribution in [2.24, 2.45) is 5.41 Å². The summed E-state index contributed by atoms with van der Waals surface area (Å²) in [5.41, 5.74) is 1.88. The second-order valence-electron chi connectivity index (χ2n) is 4.77. The molecule has 1 nitrogen and oxygen atoms in total. The van der Waals surface area contributed by atoms with Crippen LogP contribution in [-0.4, -0.2) is 23.9 Å². The molecule has 1 unspecified atom stereocenters. The third-order valence-corrected chi connectivity index (χ3v) is 3.61. The van der Waals surface area contributed by atoms with Crippen LogP contribution in [0, 0.1) is 5.41 Å². The van der Waals surface area contributed by atoms with Crippen molar-refractivity contribution in [1.82, 2.24) is 4.67 Å². The van der Waals surface area contributed by atoms with Gasteiger partial charge in [-0.2, -0.15) is 0 Å². The number of rotatable bonds is 2. The minimum atomic E-state index is 0.440. The predicted octanol–water partition coefficient (Wildman–Crippen LogP) is 3.28. The normalized spacial score (nSPS) is 25.3. The van der Waals surface area contributed by atoms with Crippen molar-refractivity contribution in [1.29, 1.82) is 0 Å². The molecule has 0 radical (unpaired) electrons. The Morgan fingerprint density at radius 3 is 2.85 bits per heavy atom. The summed E-state index contributed by atoms with van der Waals surface area (Å²) >= 11 is 0. The smallest absolute Gasteiger partial charge is 0.00732 e. The van der Waals surface area contributed by atoms with Gasteiger partial charge in [0.05, 0.1) is 0 Å². The average molecular weight is 199 g/mol. The zero-order valence-electron chi connectivity index (χ0n) is 9.19. The van der Waals surface area contributed by atoms with Crippen LogP contribution in [-0.2, 0) is 0 Å². The molecule has 1 saturated heterocycles. The van der Waals surface area contributed by atoms with Crippen molar-refractivity contribution < 1.29 is 0 Å². The highest BCUT2D eigenvalue weighted by molar-refractivity contribution is 7.35. The van der Waals surface area contributed by atoms with E-state index in [1.807, 2.05) is 0 Å². The Balaban J connectivity index is 2.57. The molecule has 0 aromatic rings. The lowest BCUT2D eigenvalue weighted by molar-refractivity contribution is 0.293. The molecule has 0 spiro atoms. The Bertz CT molecular complexity index is 187. The highest BCUT2D eigenvalue weighted by Crippen LogP contribution is 2.34. The van der Waals surface area contributed by atoms with E-state index in [0.29, 0.717) is 5.41 Å². The molecule has 1 atom stereocenters. The maximum absolute atomic E-state index is 4.14. The van der Waals surface area contributed by atoms with Gasteiger partial charge in [0, 0.05) is 13.1 Å². The molecular weight excluding hydrogens is 177 g/mol. The minimum Gasteiger partial charge on any atom is -0.284 e. The summed E-state index contributed by atoms with van der Waals surface area (Å²) in [4.78, 5) is 0. The van der Waals surface area contributed by atoms with Crippen molar-refractivity contribution in [2.45, 2.75) is 33.6 Å². The lowest BCUT2D eigenvalue weighted by Gasteiger charge is -2.28. The van der Waals surface area contributed by atoms with Gasteiger partial charge in [-0.05, 0) is 24.4 Å². The Kier molecular flexibility index (Phi) is 3.94. The number of hydrogen-bond acceptors (Lipinski definition) is 1. The first-order chi connectivity index (χ1) is 6.03. The van der Waals surface area contributed by atoms with Crippen molar-refractivity contribution in [2.75, 3.05) is 19.3 Å². The quantitative estimate of drug-likeness (QED) is 0.487. The summed E-state index contributed by atoms with van der Waals surface area (Å²) in [6.07, 6.45) is 3.71. The zero-order chi connectivity index (χ0) is 9.90. The second-order valence-corrected chi connectivity index (χ2v) is 6.43. The summed E-state index contributed by atoms with van der Waals surface area (Å²) in [5, 5.41) is 0. The number of nitrogens with zero attached hydrogens (tertiary/aromatic N) is 1. The fourth-order valence-corrected chi connectivity index (χ4v) is 3.33. The van der Waals surface area contributed by atoms with E-state index in [9.17, 15) is 0 Å².